The molecule has 3 aromatic heterocycles. The van der Waals surface area contributed by atoms with E-state index < -0.39 is 0 Å². The molecule has 0 bridgehead atoms. The van der Waals surface area contributed by atoms with E-state index in [2.05, 4.69) is 31.4 Å². The van der Waals surface area contributed by atoms with Crippen molar-refractivity contribution < 1.29 is 0 Å². The molecule has 130 valence electrons. The van der Waals surface area contributed by atoms with Gasteiger partial charge in [0.15, 0.2) is 11.5 Å². The predicted octanol–water partition coefficient (Wildman–Crippen LogP) is 1.12. The van der Waals surface area contributed by atoms with Gasteiger partial charge in [-0.05, 0) is 56.8 Å². The van der Waals surface area contributed by atoms with E-state index in [1.807, 2.05) is 16.1 Å². The van der Waals surface area contributed by atoms with Crippen molar-refractivity contribution >= 4 is 5.65 Å². The average molecular weight is 338 g/mol. The summed E-state index contributed by atoms with van der Waals surface area (Å²) in [4.78, 5) is 2.44. The Hall–Kier alpha value is -2.35. The molecule has 0 saturated carbocycles. The molecular weight excluding hydrogens is 316 g/mol. The van der Waals surface area contributed by atoms with Crippen LogP contribution in [0.1, 0.15) is 48.1 Å². The Morgan fingerprint density at radius 1 is 1.12 bits per heavy atom. The molecule has 0 atom stereocenters. The number of rotatable bonds is 3. The zero-order chi connectivity index (χ0) is 16.8. The van der Waals surface area contributed by atoms with Crippen LogP contribution in [0.4, 0.5) is 0 Å². The van der Waals surface area contributed by atoms with Gasteiger partial charge in [-0.1, -0.05) is 0 Å². The first-order chi connectivity index (χ1) is 12.3. The van der Waals surface area contributed by atoms with Crippen molar-refractivity contribution in [2.45, 2.75) is 44.6 Å². The Morgan fingerprint density at radius 3 is 2.80 bits per heavy atom. The lowest BCUT2D eigenvalue weighted by Crippen LogP contribution is -2.33. The number of hydrogen-bond donors (Lipinski definition) is 0. The number of piperidine rings is 1. The fourth-order valence-corrected chi connectivity index (χ4v) is 4.05. The maximum absolute atomic E-state index is 4.84. The van der Waals surface area contributed by atoms with Crippen LogP contribution in [-0.4, -0.2) is 52.6 Å². The number of likely N-dealkylation sites (tertiary alicyclic amines) is 1. The van der Waals surface area contributed by atoms with Gasteiger partial charge in [-0.3, -0.25) is 4.90 Å². The van der Waals surface area contributed by atoms with Crippen LogP contribution < -0.4 is 0 Å². The first-order valence-corrected chi connectivity index (χ1v) is 9.07. The highest BCUT2D eigenvalue weighted by Crippen LogP contribution is 2.28. The summed E-state index contributed by atoms with van der Waals surface area (Å²) in [5.74, 6) is 2.48. The maximum Gasteiger partial charge on any atom is 0.178 e. The predicted molar refractivity (Wildman–Crippen MR) is 91.1 cm³/mol. The third-order valence-corrected chi connectivity index (χ3v) is 5.57. The largest absolute Gasteiger partial charge is 0.320 e. The van der Waals surface area contributed by atoms with Gasteiger partial charge in [0.1, 0.15) is 12.2 Å². The Labute approximate surface area is 145 Å². The molecule has 0 radical (unpaired) electrons. The van der Waals surface area contributed by atoms with Crippen molar-refractivity contribution in [2.24, 2.45) is 7.05 Å². The van der Waals surface area contributed by atoms with Gasteiger partial charge in [0.2, 0.25) is 0 Å². The topological polar surface area (TPSA) is 77.0 Å². The van der Waals surface area contributed by atoms with Crippen LogP contribution in [0, 0.1) is 0 Å². The first kappa shape index (κ1) is 14.9. The standard InChI is InChI=1S/C17H22N8/c1-23-11-18-19-16(23)10-24-7-5-12(6-8-24)17-21-20-15-9-13-3-2-4-14(13)22-25(15)17/h9,11-12H,2-8,10H2,1H3. The zero-order valence-corrected chi connectivity index (χ0v) is 14.5. The highest BCUT2D eigenvalue weighted by molar-refractivity contribution is 5.43. The van der Waals surface area contributed by atoms with Gasteiger partial charge in [-0.2, -0.15) is 9.61 Å². The second kappa shape index (κ2) is 5.87. The van der Waals surface area contributed by atoms with Gasteiger partial charge >= 0.3 is 0 Å². The molecular formula is C17H22N8. The highest BCUT2D eigenvalue weighted by Gasteiger charge is 2.26. The molecule has 3 aromatic rings. The molecule has 0 aromatic carbocycles. The summed E-state index contributed by atoms with van der Waals surface area (Å²) in [6.07, 6.45) is 7.34. The highest BCUT2D eigenvalue weighted by atomic mass is 15.4. The number of fused-ring (bicyclic) bond motifs is 2. The number of aromatic nitrogens is 7. The minimum atomic E-state index is 0.428. The van der Waals surface area contributed by atoms with E-state index >= 15 is 0 Å². The smallest absolute Gasteiger partial charge is 0.178 e. The van der Waals surface area contributed by atoms with Gasteiger partial charge in [0, 0.05) is 13.0 Å². The van der Waals surface area contributed by atoms with Crippen LogP contribution in [0.15, 0.2) is 12.4 Å². The normalized spacial score (nSPS) is 18.9. The summed E-state index contributed by atoms with van der Waals surface area (Å²) in [5, 5.41) is 21.8. The van der Waals surface area contributed by atoms with Crippen molar-refractivity contribution in [3.8, 4) is 0 Å². The van der Waals surface area contributed by atoms with E-state index in [4.69, 9.17) is 5.10 Å². The molecule has 1 fully saturated rings. The second-order valence-corrected chi connectivity index (χ2v) is 7.21. The van der Waals surface area contributed by atoms with Crippen molar-refractivity contribution in [1.29, 1.82) is 0 Å². The van der Waals surface area contributed by atoms with E-state index in [0.717, 1.165) is 62.6 Å². The lowest BCUT2D eigenvalue weighted by atomic mass is 9.96. The van der Waals surface area contributed by atoms with E-state index in [-0.39, 0.29) is 0 Å². The number of nitrogens with zero attached hydrogens (tertiary/aromatic N) is 8. The molecule has 8 nitrogen and oxygen atoms in total. The Bertz CT molecular complexity index is 903. The molecule has 0 amide bonds. The Kier molecular flexibility index (Phi) is 3.51. The number of aryl methyl sites for hydroxylation is 3. The van der Waals surface area contributed by atoms with Crippen LogP contribution in [0.2, 0.25) is 0 Å². The van der Waals surface area contributed by atoms with Gasteiger partial charge in [-0.25, -0.2) is 0 Å². The van der Waals surface area contributed by atoms with E-state index in [1.54, 1.807) is 6.33 Å². The van der Waals surface area contributed by atoms with Crippen LogP contribution in [0.25, 0.3) is 5.65 Å². The monoisotopic (exact) mass is 338 g/mol. The minimum absolute atomic E-state index is 0.428. The van der Waals surface area contributed by atoms with Crippen LogP contribution in [0.5, 0.6) is 0 Å². The van der Waals surface area contributed by atoms with E-state index in [0.29, 0.717) is 5.92 Å². The van der Waals surface area contributed by atoms with Crippen LogP contribution >= 0.6 is 0 Å². The zero-order valence-electron chi connectivity index (χ0n) is 14.5. The van der Waals surface area contributed by atoms with E-state index in [9.17, 15) is 0 Å². The summed E-state index contributed by atoms with van der Waals surface area (Å²) in [7, 11) is 1.99. The lowest BCUT2D eigenvalue weighted by Gasteiger charge is -2.30. The molecule has 1 aliphatic carbocycles. The summed E-state index contributed by atoms with van der Waals surface area (Å²) >= 11 is 0. The van der Waals surface area contributed by atoms with Crippen molar-refractivity contribution in [3.63, 3.8) is 0 Å². The molecule has 4 heterocycles. The molecule has 1 aliphatic heterocycles. The van der Waals surface area contributed by atoms with Gasteiger partial charge in [0.05, 0.1) is 12.2 Å². The fraction of sp³-hybridized carbons (Fsp3) is 0.588. The van der Waals surface area contributed by atoms with Crippen molar-refractivity contribution in [3.05, 3.63) is 35.3 Å². The quantitative estimate of drug-likeness (QED) is 0.712. The van der Waals surface area contributed by atoms with Crippen LogP contribution in [-0.2, 0) is 26.4 Å². The molecule has 8 heteroatoms. The third-order valence-electron chi connectivity index (χ3n) is 5.57. The van der Waals surface area contributed by atoms with Crippen LogP contribution in [0.3, 0.4) is 0 Å². The fourth-order valence-electron chi connectivity index (χ4n) is 4.05. The minimum Gasteiger partial charge on any atom is -0.320 e. The third kappa shape index (κ3) is 2.60. The van der Waals surface area contributed by atoms with Crippen molar-refractivity contribution in [1.82, 2.24) is 39.5 Å². The Morgan fingerprint density at radius 2 is 2.00 bits per heavy atom. The molecule has 0 N–H and O–H groups in total. The molecule has 2 aliphatic rings. The lowest BCUT2D eigenvalue weighted by molar-refractivity contribution is 0.195. The molecule has 0 unspecified atom stereocenters. The number of hydrogen-bond acceptors (Lipinski definition) is 6. The van der Waals surface area contributed by atoms with Gasteiger partial charge in [-0.15, -0.1) is 20.4 Å². The first-order valence-electron chi connectivity index (χ1n) is 9.07. The summed E-state index contributed by atoms with van der Waals surface area (Å²) in [6, 6.07) is 2.18. The van der Waals surface area contributed by atoms with E-state index in [1.165, 1.54) is 17.7 Å². The summed E-state index contributed by atoms with van der Waals surface area (Å²) in [5.41, 5.74) is 3.48. The SMILES string of the molecule is Cn1cnnc1CN1CCC(c2nnc3cc4c(nn23)CCC4)CC1. The van der Waals surface area contributed by atoms with Gasteiger partial charge in [0.25, 0.3) is 0 Å². The maximum atomic E-state index is 4.84. The summed E-state index contributed by atoms with van der Waals surface area (Å²) < 4.78 is 3.98. The molecule has 5 rings (SSSR count). The molecule has 25 heavy (non-hydrogen) atoms. The molecule has 0 spiro atoms. The van der Waals surface area contributed by atoms with Gasteiger partial charge < -0.3 is 4.57 Å². The second-order valence-electron chi connectivity index (χ2n) is 7.21. The Balaban J connectivity index is 1.32. The molecule has 1 saturated heterocycles. The van der Waals surface area contributed by atoms with Crippen molar-refractivity contribution in [2.75, 3.05) is 13.1 Å². The average Bonchev–Trinajstić information content (AvgIpc) is 3.34. The summed E-state index contributed by atoms with van der Waals surface area (Å²) in [6.45, 7) is 2.93.